The van der Waals surface area contributed by atoms with Crippen molar-refractivity contribution in [1.29, 1.82) is 0 Å². The van der Waals surface area contributed by atoms with Crippen LogP contribution in [0.5, 0.6) is 0 Å². The molecule has 4 nitrogen and oxygen atoms in total. The zero-order valence-electron chi connectivity index (χ0n) is 6.75. The molecular weight excluding hydrogens is 194 g/mol. The molecule has 0 saturated heterocycles. The maximum Gasteiger partial charge on any atom is 0.256 e. The van der Waals surface area contributed by atoms with E-state index in [1.807, 2.05) is 6.26 Å². The number of nitrogens with one attached hydrogen (secondary N) is 1. The summed E-state index contributed by atoms with van der Waals surface area (Å²) in [6.45, 7) is 0. The van der Waals surface area contributed by atoms with Crippen LogP contribution in [0.3, 0.4) is 0 Å². The van der Waals surface area contributed by atoms with Gasteiger partial charge in [-0.1, -0.05) is 0 Å². The van der Waals surface area contributed by atoms with Gasteiger partial charge in [0.25, 0.3) is 5.91 Å². The zero-order valence-corrected chi connectivity index (χ0v) is 8.38. The first-order chi connectivity index (χ1) is 5.70. The summed E-state index contributed by atoms with van der Waals surface area (Å²) in [5.74, 6) is 0.134. The van der Waals surface area contributed by atoms with Crippen LogP contribution < -0.4 is 11.1 Å². The molecule has 0 atom stereocenters. The Labute approximate surface area is 78.7 Å². The number of amides is 1. The van der Waals surface area contributed by atoms with Gasteiger partial charge in [0.05, 0.1) is 4.21 Å². The largest absolute Gasteiger partial charge is 0.382 e. The molecule has 1 rings (SSSR count). The first-order valence-corrected chi connectivity index (χ1v) is 5.21. The summed E-state index contributed by atoms with van der Waals surface area (Å²) >= 11 is 2.72. The molecule has 0 fully saturated rings. The van der Waals surface area contributed by atoms with E-state index in [0.29, 0.717) is 11.4 Å². The van der Waals surface area contributed by atoms with Crippen LogP contribution in [0, 0.1) is 0 Å². The van der Waals surface area contributed by atoms with E-state index in [-0.39, 0.29) is 5.91 Å². The molecule has 0 aliphatic rings. The molecule has 6 heteroatoms. The van der Waals surface area contributed by atoms with Crippen molar-refractivity contribution in [2.24, 2.45) is 0 Å². The molecule has 1 amide bonds. The lowest BCUT2D eigenvalue weighted by atomic mass is 10.3. The van der Waals surface area contributed by atoms with E-state index in [2.05, 4.69) is 9.69 Å². The molecule has 66 valence electrons. The Kier molecular flexibility index (Phi) is 2.93. The van der Waals surface area contributed by atoms with Crippen LogP contribution >= 0.6 is 23.3 Å². The van der Waals surface area contributed by atoms with Crippen molar-refractivity contribution in [3.63, 3.8) is 0 Å². The number of nitrogens with two attached hydrogens (primary N) is 1. The second-order valence-corrected chi connectivity index (χ2v) is 3.86. The molecule has 1 aromatic rings. The number of nitrogen functional groups attached to an aromatic ring is 1. The Morgan fingerprint density at radius 3 is 2.92 bits per heavy atom. The topological polar surface area (TPSA) is 68.0 Å². The van der Waals surface area contributed by atoms with Gasteiger partial charge in [-0.25, -0.2) is 0 Å². The third-order valence-corrected chi connectivity index (χ3v) is 3.28. The molecule has 0 spiro atoms. The van der Waals surface area contributed by atoms with E-state index >= 15 is 0 Å². The van der Waals surface area contributed by atoms with E-state index in [4.69, 9.17) is 5.73 Å². The molecule has 1 aromatic heterocycles. The molecule has 0 aromatic carbocycles. The smallest absolute Gasteiger partial charge is 0.256 e. The Bertz CT molecular complexity index is 297. The summed E-state index contributed by atoms with van der Waals surface area (Å²) in [6, 6.07) is 0. The van der Waals surface area contributed by atoms with Crippen LogP contribution in [0.4, 0.5) is 5.82 Å². The SMILES string of the molecule is CNC(=O)c1c(N)nsc1SC. The third-order valence-electron chi connectivity index (χ3n) is 1.33. The van der Waals surface area contributed by atoms with E-state index in [0.717, 1.165) is 4.21 Å². The number of hydrogen-bond donors (Lipinski definition) is 2. The van der Waals surface area contributed by atoms with Crippen LogP contribution in [0.2, 0.25) is 0 Å². The summed E-state index contributed by atoms with van der Waals surface area (Å²) in [7, 11) is 1.57. The van der Waals surface area contributed by atoms with Crippen LogP contribution in [-0.2, 0) is 0 Å². The molecular formula is C6H9N3OS2. The average Bonchev–Trinajstić information content (AvgIpc) is 2.45. The molecule has 0 aliphatic heterocycles. The number of aromatic nitrogens is 1. The number of rotatable bonds is 2. The quantitative estimate of drug-likeness (QED) is 0.698. The van der Waals surface area contributed by atoms with Gasteiger partial charge in [0.15, 0.2) is 5.82 Å². The Morgan fingerprint density at radius 1 is 1.75 bits per heavy atom. The van der Waals surface area contributed by atoms with Crippen molar-refractivity contribution >= 4 is 35.0 Å². The molecule has 1 heterocycles. The van der Waals surface area contributed by atoms with E-state index in [1.165, 1.54) is 23.3 Å². The minimum atomic E-state index is -0.175. The van der Waals surface area contributed by atoms with Crippen LogP contribution in [0.15, 0.2) is 4.21 Å². The van der Waals surface area contributed by atoms with Crippen molar-refractivity contribution in [2.75, 3.05) is 19.0 Å². The van der Waals surface area contributed by atoms with Gasteiger partial charge in [0.2, 0.25) is 0 Å². The molecule has 0 unspecified atom stereocenters. The molecule has 0 bridgehead atoms. The predicted molar refractivity (Wildman–Crippen MR) is 51.7 cm³/mol. The summed E-state index contributed by atoms with van der Waals surface area (Å²) in [6.07, 6.45) is 1.89. The lowest BCUT2D eigenvalue weighted by molar-refractivity contribution is 0.0962. The lowest BCUT2D eigenvalue weighted by Crippen LogP contribution is -2.19. The van der Waals surface area contributed by atoms with Crippen molar-refractivity contribution < 1.29 is 4.79 Å². The van der Waals surface area contributed by atoms with Crippen molar-refractivity contribution in [2.45, 2.75) is 4.21 Å². The highest BCUT2D eigenvalue weighted by Gasteiger charge is 2.16. The van der Waals surface area contributed by atoms with Crippen LogP contribution in [-0.4, -0.2) is 23.6 Å². The molecule has 0 saturated carbocycles. The number of hydrogen-bond acceptors (Lipinski definition) is 5. The average molecular weight is 203 g/mol. The van der Waals surface area contributed by atoms with E-state index < -0.39 is 0 Å². The standard InChI is InChI=1S/C6H9N3OS2/c1-8-5(10)3-4(7)9-12-6(3)11-2/h1-2H3,(H2,7,9)(H,8,10). The Morgan fingerprint density at radius 2 is 2.42 bits per heavy atom. The number of carbonyl (C=O) groups excluding carboxylic acids is 1. The Hall–Kier alpha value is -0.750. The summed E-state index contributed by atoms with van der Waals surface area (Å²) in [4.78, 5) is 11.2. The first-order valence-electron chi connectivity index (χ1n) is 3.22. The number of carbonyl (C=O) groups is 1. The van der Waals surface area contributed by atoms with Gasteiger partial charge in [-0.05, 0) is 17.8 Å². The highest BCUT2D eigenvalue weighted by molar-refractivity contribution is 8.00. The normalized spacial score (nSPS) is 9.83. The third kappa shape index (κ3) is 1.54. The van der Waals surface area contributed by atoms with Gasteiger partial charge in [0, 0.05) is 7.05 Å². The second kappa shape index (κ2) is 3.77. The van der Waals surface area contributed by atoms with E-state index in [1.54, 1.807) is 7.05 Å². The fourth-order valence-corrected chi connectivity index (χ4v) is 2.13. The summed E-state index contributed by atoms with van der Waals surface area (Å²) in [5, 5.41) is 2.52. The molecule has 3 N–H and O–H groups in total. The van der Waals surface area contributed by atoms with Gasteiger partial charge in [-0.15, -0.1) is 11.8 Å². The van der Waals surface area contributed by atoms with Gasteiger partial charge < -0.3 is 11.1 Å². The molecule has 0 aliphatic carbocycles. The number of anilines is 1. The van der Waals surface area contributed by atoms with Crippen LogP contribution in [0.25, 0.3) is 0 Å². The molecule has 12 heavy (non-hydrogen) atoms. The molecule has 0 radical (unpaired) electrons. The monoisotopic (exact) mass is 203 g/mol. The lowest BCUT2D eigenvalue weighted by Gasteiger charge is -1.98. The maximum atomic E-state index is 11.2. The first kappa shape index (κ1) is 9.34. The fourth-order valence-electron chi connectivity index (χ4n) is 0.760. The minimum absolute atomic E-state index is 0.175. The van der Waals surface area contributed by atoms with E-state index in [9.17, 15) is 4.79 Å². The highest BCUT2D eigenvalue weighted by atomic mass is 32.2. The van der Waals surface area contributed by atoms with Crippen molar-refractivity contribution in [3.8, 4) is 0 Å². The number of thioether (sulfide) groups is 1. The maximum absolute atomic E-state index is 11.2. The number of nitrogens with zero attached hydrogens (tertiary/aromatic N) is 1. The fraction of sp³-hybridized carbons (Fsp3) is 0.333. The van der Waals surface area contributed by atoms with Crippen LogP contribution in [0.1, 0.15) is 10.4 Å². The van der Waals surface area contributed by atoms with Crippen molar-refractivity contribution in [3.05, 3.63) is 5.56 Å². The second-order valence-electron chi connectivity index (χ2n) is 2.01. The van der Waals surface area contributed by atoms with Gasteiger partial charge >= 0.3 is 0 Å². The Balaban J connectivity index is 3.10. The zero-order chi connectivity index (χ0) is 9.14. The minimum Gasteiger partial charge on any atom is -0.382 e. The summed E-state index contributed by atoms with van der Waals surface area (Å²) < 4.78 is 4.75. The predicted octanol–water partition coefficient (Wildman–Crippen LogP) is 0.807. The highest BCUT2D eigenvalue weighted by Crippen LogP contribution is 2.28. The van der Waals surface area contributed by atoms with Gasteiger partial charge in [-0.2, -0.15) is 4.37 Å². The van der Waals surface area contributed by atoms with Gasteiger partial charge in [0.1, 0.15) is 5.56 Å². The summed E-state index contributed by atoms with van der Waals surface area (Å²) in [5.41, 5.74) is 6.01. The van der Waals surface area contributed by atoms with Gasteiger partial charge in [-0.3, -0.25) is 4.79 Å². The van der Waals surface area contributed by atoms with Crippen molar-refractivity contribution in [1.82, 2.24) is 9.69 Å².